The van der Waals surface area contributed by atoms with Crippen LogP contribution in [-0.4, -0.2) is 42.1 Å². The van der Waals surface area contributed by atoms with Gasteiger partial charge in [-0.25, -0.2) is 0 Å². The summed E-state index contributed by atoms with van der Waals surface area (Å²) < 4.78 is 0. The van der Waals surface area contributed by atoms with E-state index < -0.39 is 0 Å². The highest BCUT2D eigenvalue weighted by molar-refractivity contribution is 5.94. The number of phenolic OH excluding ortho intramolecular Hbond substituents is 1. The molecular formula is C14H20N2O2. The van der Waals surface area contributed by atoms with Gasteiger partial charge in [0.15, 0.2) is 0 Å². The third kappa shape index (κ3) is 3.74. The van der Waals surface area contributed by atoms with E-state index >= 15 is 0 Å². The summed E-state index contributed by atoms with van der Waals surface area (Å²) in [5.41, 5.74) is 0.589. The van der Waals surface area contributed by atoms with Crippen LogP contribution in [0.3, 0.4) is 0 Å². The molecule has 0 aromatic heterocycles. The number of benzene rings is 1. The van der Waals surface area contributed by atoms with Gasteiger partial charge in [0.1, 0.15) is 5.75 Å². The minimum absolute atomic E-state index is 0.0768. The monoisotopic (exact) mass is 248 g/mol. The van der Waals surface area contributed by atoms with Crippen LogP contribution in [0.1, 0.15) is 29.6 Å². The van der Waals surface area contributed by atoms with E-state index in [0.29, 0.717) is 12.1 Å². The van der Waals surface area contributed by atoms with Gasteiger partial charge < -0.3 is 15.3 Å². The zero-order valence-corrected chi connectivity index (χ0v) is 10.6. The first-order chi connectivity index (χ1) is 8.75. The molecule has 1 amide bonds. The first-order valence-electron chi connectivity index (χ1n) is 6.55. The van der Waals surface area contributed by atoms with Gasteiger partial charge in [0.05, 0.1) is 0 Å². The number of aromatic hydroxyl groups is 1. The summed E-state index contributed by atoms with van der Waals surface area (Å²) in [6, 6.07) is 6.32. The third-order valence-corrected chi connectivity index (χ3v) is 3.29. The number of carbonyl (C=O) groups excluding carboxylic acids is 1. The highest BCUT2D eigenvalue weighted by Crippen LogP contribution is 2.09. The van der Waals surface area contributed by atoms with Crippen molar-refractivity contribution in [3.05, 3.63) is 29.8 Å². The van der Waals surface area contributed by atoms with Gasteiger partial charge in [0, 0.05) is 18.7 Å². The zero-order chi connectivity index (χ0) is 12.8. The van der Waals surface area contributed by atoms with Gasteiger partial charge in [-0.2, -0.15) is 0 Å². The predicted molar refractivity (Wildman–Crippen MR) is 70.7 cm³/mol. The second-order valence-electron chi connectivity index (χ2n) is 4.71. The molecule has 0 unspecified atom stereocenters. The Kier molecular flexibility index (Phi) is 4.59. The molecule has 1 saturated heterocycles. The quantitative estimate of drug-likeness (QED) is 0.851. The van der Waals surface area contributed by atoms with E-state index in [2.05, 4.69) is 10.2 Å². The molecule has 1 aromatic rings. The van der Waals surface area contributed by atoms with Crippen molar-refractivity contribution in [2.24, 2.45) is 0 Å². The zero-order valence-electron chi connectivity index (χ0n) is 10.6. The second kappa shape index (κ2) is 6.40. The highest BCUT2D eigenvalue weighted by Gasteiger charge is 2.10. The van der Waals surface area contributed by atoms with Gasteiger partial charge in [0.25, 0.3) is 5.91 Å². The van der Waals surface area contributed by atoms with Crippen molar-refractivity contribution in [3.8, 4) is 5.75 Å². The standard InChI is InChI=1S/C14H20N2O2/c17-13-6-4-12(5-7-13)14(18)15-8-11-16-9-2-1-3-10-16/h4-7,17H,1-3,8-11H2,(H,15,18). The van der Waals surface area contributed by atoms with Crippen LogP contribution in [0.2, 0.25) is 0 Å². The Bertz CT molecular complexity index is 383. The smallest absolute Gasteiger partial charge is 0.251 e. The van der Waals surface area contributed by atoms with Crippen molar-refractivity contribution in [2.45, 2.75) is 19.3 Å². The molecule has 1 heterocycles. The molecule has 98 valence electrons. The first-order valence-corrected chi connectivity index (χ1v) is 6.55. The van der Waals surface area contributed by atoms with Crippen molar-refractivity contribution in [3.63, 3.8) is 0 Å². The number of amides is 1. The maximum absolute atomic E-state index is 11.8. The van der Waals surface area contributed by atoms with Crippen LogP contribution >= 0.6 is 0 Å². The topological polar surface area (TPSA) is 52.6 Å². The number of piperidine rings is 1. The molecule has 0 radical (unpaired) electrons. The van der Waals surface area contributed by atoms with Crippen LogP contribution in [-0.2, 0) is 0 Å². The highest BCUT2D eigenvalue weighted by atomic mass is 16.3. The lowest BCUT2D eigenvalue weighted by atomic mass is 10.1. The first kappa shape index (κ1) is 12.9. The lowest BCUT2D eigenvalue weighted by molar-refractivity contribution is 0.0946. The van der Waals surface area contributed by atoms with Gasteiger partial charge in [0.2, 0.25) is 0 Å². The largest absolute Gasteiger partial charge is 0.508 e. The summed E-state index contributed by atoms with van der Waals surface area (Å²) in [7, 11) is 0. The van der Waals surface area contributed by atoms with Crippen LogP contribution in [0.25, 0.3) is 0 Å². The van der Waals surface area contributed by atoms with E-state index in [0.717, 1.165) is 19.6 Å². The number of phenols is 1. The second-order valence-corrected chi connectivity index (χ2v) is 4.71. The molecule has 4 heteroatoms. The molecule has 0 bridgehead atoms. The lowest BCUT2D eigenvalue weighted by Crippen LogP contribution is -2.37. The summed E-state index contributed by atoms with van der Waals surface area (Å²) in [6.45, 7) is 3.90. The van der Waals surface area contributed by atoms with Crippen molar-refractivity contribution in [1.29, 1.82) is 0 Å². The third-order valence-electron chi connectivity index (χ3n) is 3.29. The number of hydrogen-bond donors (Lipinski definition) is 2. The van der Waals surface area contributed by atoms with Gasteiger partial charge in [-0.1, -0.05) is 6.42 Å². The number of carbonyl (C=O) groups is 1. The summed E-state index contributed by atoms with van der Waals surface area (Å²) in [4.78, 5) is 14.2. The molecular weight excluding hydrogens is 228 g/mol. The van der Waals surface area contributed by atoms with Crippen LogP contribution in [0.5, 0.6) is 5.75 Å². The molecule has 4 nitrogen and oxygen atoms in total. The van der Waals surface area contributed by atoms with E-state index in [1.807, 2.05) is 0 Å². The SMILES string of the molecule is O=C(NCCN1CCCCC1)c1ccc(O)cc1. The van der Waals surface area contributed by atoms with Crippen molar-refractivity contribution >= 4 is 5.91 Å². The average Bonchev–Trinajstić information content (AvgIpc) is 2.40. The van der Waals surface area contributed by atoms with Crippen LogP contribution in [0.15, 0.2) is 24.3 Å². The molecule has 0 atom stereocenters. The molecule has 1 aromatic carbocycles. The molecule has 1 aliphatic rings. The maximum Gasteiger partial charge on any atom is 0.251 e. The molecule has 2 N–H and O–H groups in total. The van der Waals surface area contributed by atoms with Crippen molar-refractivity contribution in [2.75, 3.05) is 26.2 Å². The number of nitrogens with zero attached hydrogens (tertiary/aromatic N) is 1. The predicted octanol–water partition coefficient (Wildman–Crippen LogP) is 1.61. The van der Waals surface area contributed by atoms with E-state index in [9.17, 15) is 4.79 Å². The fourth-order valence-electron chi connectivity index (χ4n) is 2.23. The van der Waals surface area contributed by atoms with E-state index in [4.69, 9.17) is 5.11 Å². The minimum Gasteiger partial charge on any atom is -0.508 e. The summed E-state index contributed by atoms with van der Waals surface area (Å²) in [5.74, 6) is 0.104. The Morgan fingerprint density at radius 3 is 2.50 bits per heavy atom. The molecule has 0 saturated carbocycles. The fraction of sp³-hybridized carbons (Fsp3) is 0.500. The van der Waals surface area contributed by atoms with Gasteiger partial charge in [-0.05, 0) is 50.2 Å². The van der Waals surface area contributed by atoms with Gasteiger partial charge in [-0.3, -0.25) is 4.79 Å². The van der Waals surface area contributed by atoms with E-state index in [-0.39, 0.29) is 11.7 Å². The molecule has 1 aliphatic heterocycles. The molecule has 0 spiro atoms. The number of rotatable bonds is 4. The number of nitrogens with one attached hydrogen (secondary N) is 1. The van der Waals surface area contributed by atoms with Crippen molar-refractivity contribution in [1.82, 2.24) is 10.2 Å². The Hall–Kier alpha value is -1.55. The summed E-state index contributed by atoms with van der Waals surface area (Å²) in [6.07, 6.45) is 3.87. The number of likely N-dealkylation sites (tertiary alicyclic amines) is 1. The van der Waals surface area contributed by atoms with Crippen molar-refractivity contribution < 1.29 is 9.90 Å². The Labute approximate surface area is 108 Å². The normalized spacial score (nSPS) is 16.4. The average molecular weight is 248 g/mol. The Balaban J connectivity index is 1.72. The fourth-order valence-corrected chi connectivity index (χ4v) is 2.23. The van der Waals surface area contributed by atoms with Crippen LogP contribution in [0, 0.1) is 0 Å². The molecule has 0 aliphatic carbocycles. The Morgan fingerprint density at radius 1 is 1.17 bits per heavy atom. The minimum atomic E-state index is -0.0768. The van der Waals surface area contributed by atoms with Crippen LogP contribution < -0.4 is 5.32 Å². The van der Waals surface area contributed by atoms with Gasteiger partial charge >= 0.3 is 0 Å². The molecule has 2 rings (SSSR count). The maximum atomic E-state index is 11.8. The Morgan fingerprint density at radius 2 is 1.83 bits per heavy atom. The van der Waals surface area contributed by atoms with E-state index in [1.165, 1.54) is 31.4 Å². The summed E-state index contributed by atoms with van der Waals surface area (Å²) >= 11 is 0. The number of hydrogen-bond acceptors (Lipinski definition) is 3. The van der Waals surface area contributed by atoms with Crippen LogP contribution in [0.4, 0.5) is 0 Å². The molecule has 18 heavy (non-hydrogen) atoms. The van der Waals surface area contributed by atoms with Gasteiger partial charge in [-0.15, -0.1) is 0 Å². The lowest BCUT2D eigenvalue weighted by Gasteiger charge is -2.26. The van der Waals surface area contributed by atoms with E-state index in [1.54, 1.807) is 12.1 Å². The summed E-state index contributed by atoms with van der Waals surface area (Å²) in [5, 5.41) is 12.0. The molecule has 1 fully saturated rings.